The standard InChI is InChI=1S/C12H8ClNO4S2/c13-6-1-2-9-8(5-6)7(3-4-20(9,17)18)10-11(15)14-12(16)19-10/h1-2,5H,3-4H2,(H,14,15,16)/b10-7-. The van der Waals surface area contributed by atoms with Gasteiger partial charge in [0.25, 0.3) is 11.1 Å². The van der Waals surface area contributed by atoms with Crippen LogP contribution in [0.5, 0.6) is 0 Å². The van der Waals surface area contributed by atoms with E-state index in [1.54, 1.807) is 0 Å². The van der Waals surface area contributed by atoms with Crippen LogP contribution in [0.15, 0.2) is 28.0 Å². The van der Waals surface area contributed by atoms with Crippen molar-refractivity contribution < 1.29 is 18.0 Å². The highest BCUT2D eigenvalue weighted by Crippen LogP contribution is 2.40. The molecule has 20 heavy (non-hydrogen) atoms. The first-order valence-electron chi connectivity index (χ1n) is 5.67. The quantitative estimate of drug-likeness (QED) is 0.738. The van der Waals surface area contributed by atoms with Crippen LogP contribution < -0.4 is 5.32 Å². The number of thioether (sulfide) groups is 1. The van der Waals surface area contributed by atoms with E-state index in [9.17, 15) is 18.0 Å². The molecule has 0 spiro atoms. The van der Waals surface area contributed by atoms with E-state index in [1.165, 1.54) is 18.2 Å². The molecule has 0 unspecified atom stereocenters. The van der Waals surface area contributed by atoms with Crippen molar-refractivity contribution in [1.29, 1.82) is 0 Å². The molecule has 1 saturated heterocycles. The van der Waals surface area contributed by atoms with E-state index in [1.807, 2.05) is 0 Å². The zero-order valence-corrected chi connectivity index (χ0v) is 12.4. The van der Waals surface area contributed by atoms with Crippen molar-refractivity contribution in [3.8, 4) is 0 Å². The van der Waals surface area contributed by atoms with Crippen LogP contribution in [0.2, 0.25) is 5.02 Å². The lowest BCUT2D eigenvalue weighted by Crippen LogP contribution is -2.20. The number of allylic oxidation sites excluding steroid dienone is 1. The van der Waals surface area contributed by atoms with Crippen LogP contribution in [0, 0.1) is 0 Å². The van der Waals surface area contributed by atoms with E-state index < -0.39 is 21.0 Å². The second kappa shape index (κ2) is 4.61. The molecular weight excluding hydrogens is 322 g/mol. The summed E-state index contributed by atoms with van der Waals surface area (Å²) in [6.45, 7) is 0. The van der Waals surface area contributed by atoms with E-state index in [-0.39, 0.29) is 22.0 Å². The summed E-state index contributed by atoms with van der Waals surface area (Å²) < 4.78 is 24.1. The molecule has 2 aliphatic rings. The fourth-order valence-electron chi connectivity index (χ4n) is 2.24. The van der Waals surface area contributed by atoms with Gasteiger partial charge in [0, 0.05) is 5.02 Å². The molecule has 8 heteroatoms. The van der Waals surface area contributed by atoms with Crippen LogP contribution in [-0.2, 0) is 14.6 Å². The number of sulfone groups is 1. The summed E-state index contributed by atoms with van der Waals surface area (Å²) in [6.07, 6.45) is 0.193. The van der Waals surface area contributed by atoms with Gasteiger partial charge >= 0.3 is 0 Å². The Kier molecular flexibility index (Phi) is 3.15. The Morgan fingerprint density at radius 1 is 1.25 bits per heavy atom. The van der Waals surface area contributed by atoms with Gasteiger partial charge in [-0.3, -0.25) is 14.9 Å². The van der Waals surface area contributed by atoms with E-state index >= 15 is 0 Å². The summed E-state index contributed by atoms with van der Waals surface area (Å²) in [5.74, 6) is -0.567. The van der Waals surface area contributed by atoms with E-state index in [0.29, 0.717) is 16.2 Å². The molecule has 0 atom stereocenters. The summed E-state index contributed by atoms with van der Waals surface area (Å²) in [4.78, 5) is 23.4. The molecule has 2 aliphatic heterocycles. The fraction of sp³-hybridized carbons (Fsp3) is 0.167. The third kappa shape index (κ3) is 2.15. The highest BCUT2D eigenvalue weighted by Gasteiger charge is 2.34. The summed E-state index contributed by atoms with van der Waals surface area (Å²) in [6, 6.07) is 4.46. The van der Waals surface area contributed by atoms with E-state index in [2.05, 4.69) is 5.32 Å². The lowest BCUT2D eigenvalue weighted by molar-refractivity contribution is -0.115. The van der Waals surface area contributed by atoms with Gasteiger partial charge in [-0.25, -0.2) is 8.42 Å². The molecule has 3 rings (SSSR count). The molecule has 0 aliphatic carbocycles. The summed E-state index contributed by atoms with van der Waals surface area (Å²) in [5, 5.41) is 2.11. The molecule has 1 N–H and O–H groups in total. The zero-order valence-electron chi connectivity index (χ0n) is 9.97. The first-order valence-corrected chi connectivity index (χ1v) is 8.52. The predicted octanol–water partition coefficient (Wildman–Crippen LogP) is 2.21. The van der Waals surface area contributed by atoms with Crippen LogP contribution >= 0.6 is 23.4 Å². The maximum Gasteiger partial charge on any atom is 0.290 e. The van der Waals surface area contributed by atoms with Gasteiger partial charge in [0.1, 0.15) is 0 Å². The van der Waals surface area contributed by atoms with Crippen molar-refractivity contribution in [2.45, 2.75) is 11.3 Å². The minimum absolute atomic E-state index is 0.0809. The molecule has 0 bridgehead atoms. The molecule has 2 amide bonds. The number of amides is 2. The largest absolute Gasteiger partial charge is 0.290 e. The lowest BCUT2D eigenvalue weighted by atomic mass is 10.0. The summed E-state index contributed by atoms with van der Waals surface area (Å²) in [5.41, 5.74) is 0.974. The second-order valence-electron chi connectivity index (χ2n) is 4.36. The number of hydrogen-bond donors (Lipinski definition) is 1. The van der Waals surface area contributed by atoms with Crippen molar-refractivity contribution in [3.05, 3.63) is 33.7 Å². The number of carbonyl (C=O) groups is 2. The van der Waals surface area contributed by atoms with E-state index in [4.69, 9.17) is 11.6 Å². The first kappa shape index (κ1) is 13.7. The number of hydrogen-bond acceptors (Lipinski definition) is 5. The predicted molar refractivity (Wildman–Crippen MR) is 76.2 cm³/mol. The van der Waals surface area contributed by atoms with Gasteiger partial charge in [0.05, 0.1) is 15.6 Å². The van der Waals surface area contributed by atoms with Crippen LogP contribution in [0.25, 0.3) is 5.57 Å². The van der Waals surface area contributed by atoms with Crippen LogP contribution in [0.4, 0.5) is 4.79 Å². The summed E-state index contributed by atoms with van der Waals surface area (Å²) in [7, 11) is -3.37. The lowest BCUT2D eigenvalue weighted by Gasteiger charge is -2.20. The Morgan fingerprint density at radius 2 is 2.00 bits per heavy atom. The Bertz CT molecular complexity index is 783. The molecule has 0 saturated carbocycles. The van der Waals surface area contributed by atoms with Crippen molar-refractivity contribution in [3.63, 3.8) is 0 Å². The average molecular weight is 330 g/mol. The van der Waals surface area contributed by atoms with E-state index in [0.717, 1.165) is 11.8 Å². The zero-order chi connectivity index (χ0) is 14.5. The Balaban J connectivity index is 2.27. The number of imide groups is 1. The second-order valence-corrected chi connectivity index (χ2v) is 7.86. The molecule has 0 radical (unpaired) electrons. The van der Waals surface area contributed by atoms with Crippen LogP contribution in [0.1, 0.15) is 12.0 Å². The van der Waals surface area contributed by atoms with Crippen molar-refractivity contribution in [2.24, 2.45) is 0 Å². The van der Waals surface area contributed by atoms with Crippen molar-refractivity contribution >= 4 is 49.9 Å². The molecule has 2 heterocycles. The van der Waals surface area contributed by atoms with Gasteiger partial charge in [0.15, 0.2) is 9.84 Å². The Labute approximate surface area is 124 Å². The third-order valence-corrected chi connectivity index (χ3v) is 6.04. The van der Waals surface area contributed by atoms with Crippen molar-refractivity contribution in [2.75, 3.05) is 5.75 Å². The molecule has 0 aromatic heterocycles. The number of carbonyl (C=O) groups excluding carboxylic acids is 2. The van der Waals surface area contributed by atoms with Gasteiger partial charge < -0.3 is 0 Å². The minimum Gasteiger partial charge on any atom is -0.282 e. The molecule has 1 aromatic carbocycles. The SMILES string of the molecule is O=C1NC(=O)/C(=C2\CCS(=O)(=O)c3ccc(Cl)cc32)S1. The normalized spacial score (nSPS) is 24.4. The van der Waals surface area contributed by atoms with Crippen LogP contribution in [0.3, 0.4) is 0 Å². The number of rotatable bonds is 0. The van der Waals surface area contributed by atoms with Gasteiger partial charge in [-0.2, -0.15) is 0 Å². The number of benzene rings is 1. The molecule has 1 aromatic rings. The van der Waals surface area contributed by atoms with Gasteiger partial charge in [-0.15, -0.1) is 0 Å². The molecular formula is C12H8ClNO4S2. The number of nitrogens with one attached hydrogen (secondary N) is 1. The van der Waals surface area contributed by atoms with Crippen molar-refractivity contribution in [1.82, 2.24) is 5.32 Å². The molecule has 1 fully saturated rings. The number of fused-ring (bicyclic) bond motifs is 1. The van der Waals surface area contributed by atoms with Gasteiger partial charge in [-0.05, 0) is 47.5 Å². The Morgan fingerprint density at radius 3 is 2.65 bits per heavy atom. The molecule has 104 valence electrons. The number of halogens is 1. The van der Waals surface area contributed by atoms with Gasteiger partial charge in [-0.1, -0.05) is 11.6 Å². The highest BCUT2D eigenvalue weighted by atomic mass is 35.5. The smallest absolute Gasteiger partial charge is 0.282 e. The monoisotopic (exact) mass is 329 g/mol. The topological polar surface area (TPSA) is 80.3 Å². The average Bonchev–Trinajstić information content (AvgIpc) is 2.68. The maximum atomic E-state index is 12.1. The molecule has 5 nitrogen and oxygen atoms in total. The minimum atomic E-state index is -3.37. The third-order valence-electron chi connectivity index (χ3n) is 3.11. The van der Waals surface area contributed by atoms with Gasteiger partial charge in [0.2, 0.25) is 0 Å². The first-order chi connectivity index (χ1) is 9.38. The fourth-order valence-corrected chi connectivity index (χ4v) is 4.70. The maximum absolute atomic E-state index is 12.1. The highest BCUT2D eigenvalue weighted by molar-refractivity contribution is 8.18. The Hall–Kier alpha value is -1.31. The van der Waals surface area contributed by atoms with Crippen LogP contribution in [-0.4, -0.2) is 25.3 Å². The summed E-state index contributed by atoms with van der Waals surface area (Å²) >= 11 is 6.71.